The molecule has 12 heteroatoms. The Kier molecular flexibility index (Phi) is 10.4. The van der Waals surface area contributed by atoms with Gasteiger partial charge in [0.15, 0.2) is 11.5 Å². The minimum absolute atomic E-state index is 0.0488. The molecule has 0 saturated carbocycles. The van der Waals surface area contributed by atoms with Crippen LogP contribution in [0.4, 0.5) is 21.1 Å². The van der Waals surface area contributed by atoms with E-state index in [0.29, 0.717) is 28.5 Å². The van der Waals surface area contributed by atoms with Crippen molar-refractivity contribution in [2.45, 2.75) is 78.9 Å². The molecule has 1 saturated heterocycles. The zero-order chi connectivity index (χ0) is 31.2. The first-order chi connectivity index (χ1) is 19.6. The third-order valence-electron chi connectivity index (χ3n) is 6.30. The van der Waals surface area contributed by atoms with Gasteiger partial charge in [-0.05, 0) is 99.0 Å². The molecule has 2 amide bonds. The van der Waals surface area contributed by atoms with Crippen LogP contribution in [-0.4, -0.2) is 71.5 Å². The van der Waals surface area contributed by atoms with Crippen molar-refractivity contribution in [3.63, 3.8) is 0 Å². The molecule has 2 aromatic rings. The van der Waals surface area contributed by atoms with Crippen LogP contribution in [0.3, 0.4) is 0 Å². The Bertz CT molecular complexity index is 1270. The van der Waals surface area contributed by atoms with E-state index in [9.17, 15) is 19.7 Å². The number of pyridine rings is 1. The molecule has 1 aliphatic rings. The van der Waals surface area contributed by atoms with Crippen molar-refractivity contribution in [2.24, 2.45) is 0 Å². The summed E-state index contributed by atoms with van der Waals surface area (Å²) in [6.45, 7) is 15.1. The topological polar surface area (TPSA) is 134 Å². The van der Waals surface area contributed by atoms with E-state index in [1.54, 1.807) is 54.5 Å². The van der Waals surface area contributed by atoms with Gasteiger partial charge in [0, 0.05) is 17.8 Å². The predicted molar refractivity (Wildman–Crippen MR) is 158 cm³/mol. The molecule has 2 heterocycles. The highest BCUT2D eigenvalue weighted by molar-refractivity contribution is 6.08. The fourth-order valence-corrected chi connectivity index (χ4v) is 4.50. The average Bonchev–Trinajstić information content (AvgIpc) is 3.38. The first-order valence-electron chi connectivity index (χ1n) is 14.1. The predicted octanol–water partition coefficient (Wildman–Crippen LogP) is 6.52. The Morgan fingerprint density at radius 3 is 2.07 bits per heavy atom. The van der Waals surface area contributed by atoms with Crippen molar-refractivity contribution in [1.29, 1.82) is 0 Å². The molecular formula is C30H42N4O8. The van der Waals surface area contributed by atoms with E-state index in [-0.39, 0.29) is 22.8 Å². The van der Waals surface area contributed by atoms with Gasteiger partial charge in [-0.1, -0.05) is 0 Å². The second kappa shape index (κ2) is 13.4. The summed E-state index contributed by atoms with van der Waals surface area (Å²) in [5, 5.41) is 12.1. The maximum absolute atomic E-state index is 13.0. The maximum atomic E-state index is 13.0. The summed E-state index contributed by atoms with van der Waals surface area (Å²) >= 11 is 0. The first kappa shape index (κ1) is 32.6. The third-order valence-corrected chi connectivity index (χ3v) is 6.30. The van der Waals surface area contributed by atoms with Gasteiger partial charge in [-0.3, -0.25) is 10.1 Å². The number of anilines is 1. The van der Waals surface area contributed by atoms with Crippen LogP contribution in [0.1, 0.15) is 66.5 Å². The van der Waals surface area contributed by atoms with Crippen LogP contribution in [0, 0.1) is 17.0 Å². The number of ether oxygens (including phenoxy) is 4. The van der Waals surface area contributed by atoms with Crippen molar-refractivity contribution in [3.8, 4) is 22.6 Å². The van der Waals surface area contributed by atoms with Crippen LogP contribution in [0.15, 0.2) is 24.3 Å². The number of nitro benzene ring substituents is 1. The van der Waals surface area contributed by atoms with Crippen molar-refractivity contribution < 1.29 is 33.5 Å². The van der Waals surface area contributed by atoms with E-state index < -0.39 is 28.3 Å². The summed E-state index contributed by atoms with van der Waals surface area (Å²) in [6.07, 6.45) is 1.27. The summed E-state index contributed by atoms with van der Waals surface area (Å²) in [5.41, 5.74) is -0.979. The van der Waals surface area contributed by atoms with Crippen LogP contribution in [0.2, 0.25) is 0 Å². The number of aryl methyl sites for hydroxylation is 1. The van der Waals surface area contributed by atoms with Gasteiger partial charge in [-0.2, -0.15) is 4.90 Å². The molecular weight excluding hydrogens is 544 g/mol. The number of carbonyl (C=O) groups excluding carboxylic acids is 2. The molecule has 1 aromatic heterocycles. The van der Waals surface area contributed by atoms with Crippen LogP contribution >= 0.6 is 0 Å². The average molecular weight is 587 g/mol. The Morgan fingerprint density at radius 2 is 1.57 bits per heavy atom. The van der Waals surface area contributed by atoms with E-state index in [1.165, 1.54) is 38.2 Å². The zero-order valence-electron chi connectivity index (χ0n) is 25.8. The quantitative estimate of drug-likeness (QED) is 0.182. The molecule has 1 fully saturated rings. The highest BCUT2D eigenvalue weighted by atomic mass is 16.6. The molecule has 12 nitrogen and oxygen atoms in total. The number of nitrogens with zero attached hydrogens (tertiary/aromatic N) is 4. The fraction of sp³-hybridized carbons (Fsp3) is 0.567. The normalized spacial score (nSPS) is 13.9. The minimum atomic E-state index is -0.963. The molecule has 3 rings (SSSR count). The number of hydrogen-bond acceptors (Lipinski definition) is 10. The Balaban J connectivity index is 1.94. The van der Waals surface area contributed by atoms with Crippen LogP contribution in [0.25, 0.3) is 11.1 Å². The van der Waals surface area contributed by atoms with Gasteiger partial charge in [0.25, 0.3) is 5.69 Å². The summed E-state index contributed by atoms with van der Waals surface area (Å²) in [4.78, 5) is 45.3. The van der Waals surface area contributed by atoms with E-state index in [0.717, 1.165) is 26.1 Å². The van der Waals surface area contributed by atoms with Crippen LogP contribution < -0.4 is 14.4 Å². The van der Waals surface area contributed by atoms with Crippen molar-refractivity contribution in [1.82, 2.24) is 9.88 Å². The molecule has 0 atom stereocenters. The largest absolute Gasteiger partial charge is 0.493 e. The second-order valence-electron chi connectivity index (χ2n) is 12.1. The number of carbonyl (C=O) groups is 2. The van der Waals surface area contributed by atoms with Crippen molar-refractivity contribution >= 4 is 23.7 Å². The zero-order valence-corrected chi connectivity index (χ0v) is 25.8. The Hall–Kier alpha value is -3.93. The van der Waals surface area contributed by atoms with E-state index in [2.05, 4.69) is 9.88 Å². The number of likely N-dealkylation sites (tertiary alicyclic amines) is 1. The molecule has 0 radical (unpaired) electrons. The molecule has 0 unspecified atom stereocenters. The number of aromatic nitrogens is 1. The van der Waals surface area contributed by atoms with Gasteiger partial charge in [0.1, 0.15) is 17.0 Å². The number of amides is 2. The maximum Gasteiger partial charge on any atom is 0.425 e. The monoisotopic (exact) mass is 586 g/mol. The highest BCUT2D eigenvalue weighted by Gasteiger charge is 2.34. The minimum Gasteiger partial charge on any atom is -0.493 e. The molecule has 0 N–H and O–H groups in total. The van der Waals surface area contributed by atoms with E-state index in [4.69, 9.17) is 18.9 Å². The van der Waals surface area contributed by atoms with E-state index in [1.807, 2.05) is 0 Å². The highest BCUT2D eigenvalue weighted by Crippen LogP contribution is 2.41. The second-order valence-corrected chi connectivity index (χ2v) is 12.1. The third kappa shape index (κ3) is 8.78. The SMILES string of the molecule is COc1cc(-c2ccc(N(C(=O)OC(C)(C)C)C(=O)OC(C)(C)C)nc2C)c([N+](=O)[O-])cc1OCCCN1CCCC1. The summed E-state index contributed by atoms with van der Waals surface area (Å²) in [5.74, 6) is 0.564. The number of rotatable bonds is 9. The molecule has 42 heavy (non-hydrogen) atoms. The summed E-state index contributed by atoms with van der Waals surface area (Å²) < 4.78 is 22.3. The summed E-state index contributed by atoms with van der Waals surface area (Å²) in [7, 11) is 1.47. The number of hydrogen-bond donors (Lipinski definition) is 0. The lowest BCUT2D eigenvalue weighted by Gasteiger charge is -2.28. The first-order valence-corrected chi connectivity index (χ1v) is 14.1. The van der Waals surface area contributed by atoms with E-state index >= 15 is 0 Å². The molecule has 1 aromatic carbocycles. The van der Waals surface area contributed by atoms with Gasteiger partial charge in [0.05, 0.1) is 30.3 Å². The molecule has 1 aliphatic heterocycles. The van der Waals surface area contributed by atoms with Crippen LogP contribution in [-0.2, 0) is 9.47 Å². The van der Waals surface area contributed by atoms with Gasteiger partial charge in [-0.15, -0.1) is 0 Å². The van der Waals surface area contributed by atoms with Crippen molar-refractivity contribution in [2.75, 3.05) is 38.3 Å². The fourth-order valence-electron chi connectivity index (χ4n) is 4.50. The molecule has 0 spiro atoms. The summed E-state index contributed by atoms with van der Waals surface area (Å²) in [6, 6.07) is 5.86. The molecule has 230 valence electrons. The van der Waals surface area contributed by atoms with Gasteiger partial charge in [-0.25, -0.2) is 14.6 Å². The molecule has 0 aliphatic carbocycles. The number of nitro groups is 1. The number of imide groups is 1. The van der Waals surface area contributed by atoms with Crippen molar-refractivity contribution in [3.05, 3.63) is 40.1 Å². The standard InChI is InChI=1S/C30H42N4O8/c1-20-21(12-13-26(31-20)33(27(35)41-29(2,3)4)28(36)42-30(5,6)7)22-18-24(39-8)25(19-23(22)34(37)38)40-17-11-16-32-14-9-10-15-32/h12-13,18-19H,9-11,14-17H2,1-8H3. The lowest BCUT2D eigenvalue weighted by atomic mass is 10.0. The lowest BCUT2D eigenvalue weighted by Crippen LogP contribution is -2.44. The number of methoxy groups -OCH3 is 1. The Labute approximate surface area is 247 Å². The smallest absolute Gasteiger partial charge is 0.425 e. The Morgan fingerprint density at radius 1 is 0.976 bits per heavy atom. The van der Waals surface area contributed by atoms with Gasteiger partial charge in [0.2, 0.25) is 0 Å². The molecule has 0 bridgehead atoms. The lowest BCUT2D eigenvalue weighted by molar-refractivity contribution is -0.384. The van der Waals surface area contributed by atoms with Gasteiger partial charge >= 0.3 is 12.2 Å². The van der Waals surface area contributed by atoms with Gasteiger partial charge < -0.3 is 23.8 Å². The number of benzene rings is 1. The van der Waals surface area contributed by atoms with Crippen LogP contribution in [0.5, 0.6) is 11.5 Å².